The number of halogens is 3. The Morgan fingerprint density at radius 3 is 2.46 bits per heavy atom. The van der Waals surface area contributed by atoms with E-state index in [9.17, 15) is 5.11 Å². The molecule has 24 heavy (non-hydrogen) atoms. The molecule has 3 N–H and O–H groups in total. The van der Waals surface area contributed by atoms with Gasteiger partial charge in [0.05, 0.1) is 0 Å². The minimum Gasteiger partial charge on any atom is -0.508 e. The zero-order valence-corrected chi connectivity index (χ0v) is 18.7. The van der Waals surface area contributed by atoms with Crippen molar-refractivity contribution in [3.8, 4) is 5.75 Å². The summed E-state index contributed by atoms with van der Waals surface area (Å²) >= 11 is 2.59. The summed E-state index contributed by atoms with van der Waals surface area (Å²) in [4.78, 5) is 2.62. The van der Waals surface area contributed by atoms with E-state index < -0.39 is 0 Å². The van der Waals surface area contributed by atoms with Crippen molar-refractivity contribution in [2.75, 3.05) is 19.6 Å². The maximum absolute atomic E-state index is 9.77. The van der Waals surface area contributed by atoms with Crippen LogP contribution in [0.5, 0.6) is 5.75 Å². The minimum atomic E-state index is 0. The lowest BCUT2D eigenvalue weighted by molar-refractivity contribution is 0.110. The number of likely N-dealkylation sites (tertiary alicyclic amines) is 1. The molecule has 1 aliphatic heterocycles. The molecule has 0 saturated carbocycles. The van der Waals surface area contributed by atoms with E-state index in [-0.39, 0.29) is 35.7 Å². The number of hydrogen-bond donors (Lipinski definition) is 1. The highest BCUT2D eigenvalue weighted by atomic mass is 127. The Morgan fingerprint density at radius 1 is 1.33 bits per heavy atom. The lowest BCUT2D eigenvalue weighted by Crippen LogP contribution is -2.49. The number of nitrogens with zero attached hydrogens (tertiary/aromatic N) is 1. The fraction of sp³-hybridized carbons (Fsp3) is 0.667. The van der Waals surface area contributed by atoms with Crippen molar-refractivity contribution in [2.45, 2.75) is 43.5 Å². The quantitative estimate of drug-likeness (QED) is 0.499. The number of phenols is 1. The number of phenolic OH excluding ortho intramolecular Hbond substituents is 1. The Labute approximate surface area is 172 Å². The van der Waals surface area contributed by atoms with Gasteiger partial charge in [-0.05, 0) is 47.9 Å². The predicted molar refractivity (Wildman–Crippen MR) is 116 cm³/mol. The third kappa shape index (κ3) is 6.20. The summed E-state index contributed by atoms with van der Waals surface area (Å²) in [6.45, 7) is 12.8. The predicted octanol–water partition coefficient (Wildman–Crippen LogP) is 4.47. The number of benzene rings is 1. The van der Waals surface area contributed by atoms with E-state index in [0.717, 1.165) is 22.9 Å². The van der Waals surface area contributed by atoms with Crippen LogP contribution < -0.4 is 0 Å². The second-order valence-corrected chi connectivity index (χ2v) is 8.74. The summed E-state index contributed by atoms with van der Waals surface area (Å²) in [7, 11) is 0. The van der Waals surface area contributed by atoms with Gasteiger partial charge in [0.2, 0.25) is 0 Å². The summed E-state index contributed by atoms with van der Waals surface area (Å²) in [5, 5.41) is 9.77. The van der Waals surface area contributed by atoms with Crippen LogP contribution in [0.1, 0.15) is 39.7 Å². The summed E-state index contributed by atoms with van der Waals surface area (Å²) < 4.78 is 0.722. The van der Waals surface area contributed by atoms with Crippen LogP contribution in [-0.2, 0) is 5.41 Å². The van der Waals surface area contributed by atoms with Crippen LogP contribution >= 0.6 is 47.4 Å². The van der Waals surface area contributed by atoms with Crippen LogP contribution in [0.3, 0.4) is 0 Å². The molecule has 2 rings (SSSR count). The van der Waals surface area contributed by atoms with Crippen LogP contribution in [0.4, 0.5) is 0 Å². The molecular formula is C18H32Cl2INO2. The molecule has 142 valence electrons. The van der Waals surface area contributed by atoms with E-state index in [0.29, 0.717) is 11.7 Å². The lowest BCUT2D eigenvalue weighted by atomic mass is 9.68. The summed E-state index contributed by atoms with van der Waals surface area (Å²) in [6, 6.07) is 7.84. The monoisotopic (exact) mass is 491 g/mol. The second kappa shape index (κ2) is 11.1. The molecule has 0 amide bonds. The Morgan fingerprint density at radius 2 is 1.96 bits per heavy atom. The van der Waals surface area contributed by atoms with E-state index in [2.05, 4.69) is 61.3 Å². The second-order valence-electron chi connectivity index (χ2n) is 7.14. The van der Waals surface area contributed by atoms with E-state index in [1.54, 1.807) is 6.07 Å². The first-order chi connectivity index (χ1) is 9.83. The molecule has 3 atom stereocenters. The van der Waals surface area contributed by atoms with Crippen molar-refractivity contribution in [2.24, 2.45) is 11.8 Å². The van der Waals surface area contributed by atoms with Gasteiger partial charge in [0, 0.05) is 17.0 Å². The van der Waals surface area contributed by atoms with Crippen molar-refractivity contribution in [1.82, 2.24) is 4.90 Å². The number of aromatic hydroxyl groups is 1. The number of hydrogen-bond acceptors (Lipinski definition) is 2. The Balaban J connectivity index is 0. The van der Waals surface area contributed by atoms with Gasteiger partial charge in [0.25, 0.3) is 0 Å². The molecule has 1 aromatic rings. The highest BCUT2D eigenvalue weighted by molar-refractivity contribution is 14.1. The van der Waals surface area contributed by atoms with Crippen LogP contribution in [-0.4, -0.2) is 39.0 Å². The molecule has 0 spiro atoms. The molecule has 0 aromatic heterocycles. The van der Waals surface area contributed by atoms with E-state index in [1.807, 2.05) is 12.1 Å². The van der Waals surface area contributed by atoms with Crippen LogP contribution in [0.2, 0.25) is 0 Å². The molecule has 1 heterocycles. The topological polar surface area (TPSA) is 55.0 Å². The van der Waals surface area contributed by atoms with Gasteiger partial charge in [-0.1, -0.05) is 62.4 Å². The smallest absolute Gasteiger partial charge is 0.115 e. The van der Waals surface area contributed by atoms with Gasteiger partial charge in [-0.3, -0.25) is 0 Å². The fourth-order valence-electron chi connectivity index (χ4n) is 3.23. The highest BCUT2D eigenvalue weighted by Crippen LogP contribution is 2.40. The van der Waals surface area contributed by atoms with E-state index in [4.69, 9.17) is 0 Å². The van der Waals surface area contributed by atoms with E-state index >= 15 is 0 Å². The van der Waals surface area contributed by atoms with Crippen molar-refractivity contribution >= 4 is 47.4 Å². The molecule has 1 fully saturated rings. The van der Waals surface area contributed by atoms with Gasteiger partial charge >= 0.3 is 0 Å². The molecule has 0 radical (unpaired) electrons. The first-order valence-electron chi connectivity index (χ1n) is 7.99. The maximum Gasteiger partial charge on any atom is 0.115 e. The highest BCUT2D eigenvalue weighted by Gasteiger charge is 2.38. The van der Waals surface area contributed by atoms with Gasteiger partial charge < -0.3 is 15.5 Å². The molecule has 1 aromatic carbocycles. The van der Waals surface area contributed by atoms with E-state index in [1.165, 1.54) is 18.5 Å². The molecule has 1 aliphatic rings. The van der Waals surface area contributed by atoms with Crippen molar-refractivity contribution in [3.63, 3.8) is 0 Å². The van der Waals surface area contributed by atoms with Crippen molar-refractivity contribution < 1.29 is 10.6 Å². The number of alkyl halides is 1. The zero-order valence-electron chi connectivity index (χ0n) is 15.0. The number of rotatable bonds is 4. The standard InChI is InChI=1S/C18H28INO.2ClH.H2O/c1-13(2)17(19)12-20-9-8-18(4,14(3)11-20)15-6-5-7-16(21)10-15;;;/h5-7,10,13-14,17,21H,8-9,11-12H2,1-4H3;2*1H;1H2/t14-,17+,18+;;;/m0.../s1. The summed E-state index contributed by atoms with van der Waals surface area (Å²) in [5.74, 6) is 1.72. The SMILES string of the molecule is CC(C)[C@H](I)CN1CC[C@@](C)(c2cccc(O)c2)[C@@H](C)C1.Cl.Cl.O. The van der Waals surface area contributed by atoms with Gasteiger partial charge in [-0.15, -0.1) is 24.8 Å². The molecule has 0 aliphatic carbocycles. The Hall–Kier alpha value is 0.250. The molecule has 1 saturated heterocycles. The minimum absolute atomic E-state index is 0. The Bertz CT molecular complexity index is 490. The van der Waals surface area contributed by atoms with Gasteiger partial charge in [0.15, 0.2) is 0 Å². The maximum atomic E-state index is 9.77. The average Bonchev–Trinajstić information content (AvgIpc) is 2.43. The lowest BCUT2D eigenvalue weighted by Gasteiger charge is -2.45. The first-order valence-corrected chi connectivity index (χ1v) is 9.23. The Kier molecular flexibility index (Phi) is 12.2. The average molecular weight is 492 g/mol. The fourth-order valence-corrected chi connectivity index (χ4v) is 3.79. The molecule has 0 unspecified atom stereocenters. The van der Waals surface area contributed by atoms with Crippen molar-refractivity contribution in [1.29, 1.82) is 0 Å². The van der Waals surface area contributed by atoms with Crippen molar-refractivity contribution in [3.05, 3.63) is 29.8 Å². The largest absolute Gasteiger partial charge is 0.508 e. The van der Waals surface area contributed by atoms with Gasteiger partial charge in [-0.25, -0.2) is 0 Å². The zero-order chi connectivity index (χ0) is 15.6. The normalized spacial score (nSPS) is 25.2. The molecule has 3 nitrogen and oxygen atoms in total. The molecule has 6 heteroatoms. The first kappa shape index (κ1) is 26.5. The van der Waals surface area contributed by atoms with Gasteiger partial charge in [0.1, 0.15) is 5.75 Å². The van der Waals surface area contributed by atoms with Crippen LogP contribution in [0, 0.1) is 11.8 Å². The van der Waals surface area contributed by atoms with Gasteiger partial charge in [-0.2, -0.15) is 0 Å². The third-order valence-corrected chi connectivity index (χ3v) is 7.06. The molecular weight excluding hydrogens is 460 g/mol. The molecule has 0 bridgehead atoms. The van der Waals surface area contributed by atoms with Crippen LogP contribution in [0.15, 0.2) is 24.3 Å². The third-order valence-electron chi connectivity index (χ3n) is 5.23. The summed E-state index contributed by atoms with van der Waals surface area (Å²) in [5.41, 5.74) is 1.46. The van der Waals surface area contributed by atoms with Crippen LogP contribution in [0.25, 0.3) is 0 Å². The summed E-state index contributed by atoms with van der Waals surface area (Å²) in [6.07, 6.45) is 1.17. The number of piperidine rings is 1.